The summed E-state index contributed by atoms with van der Waals surface area (Å²) in [6.07, 6.45) is 8.77. The van der Waals surface area contributed by atoms with Gasteiger partial charge in [0.05, 0.1) is 11.4 Å². The average molecular weight is 678 g/mol. The van der Waals surface area contributed by atoms with Crippen LogP contribution in [0.2, 0.25) is 0 Å². The van der Waals surface area contributed by atoms with E-state index in [1.54, 1.807) is 7.11 Å². The first-order chi connectivity index (χ1) is 23.3. The summed E-state index contributed by atoms with van der Waals surface area (Å²) in [5.74, 6) is 1.01. The number of hydrogen-bond acceptors (Lipinski definition) is 8. The Kier molecular flexibility index (Phi) is 12.0. The first-order valence-corrected chi connectivity index (χ1v) is 18.7. The van der Waals surface area contributed by atoms with Crippen LogP contribution in [0.1, 0.15) is 86.0 Å². The number of rotatable bonds is 14. The van der Waals surface area contributed by atoms with Crippen LogP contribution in [0, 0.1) is 11.8 Å². The topological polar surface area (TPSA) is 69.8 Å². The maximum absolute atomic E-state index is 13.5. The molecule has 2 atom stereocenters. The van der Waals surface area contributed by atoms with Gasteiger partial charge in [-0.3, -0.25) is 0 Å². The van der Waals surface area contributed by atoms with Gasteiger partial charge in [0.25, 0.3) is 0 Å². The van der Waals surface area contributed by atoms with Gasteiger partial charge >= 0.3 is 6.09 Å². The molecule has 272 valence electrons. The van der Waals surface area contributed by atoms with Crippen molar-refractivity contribution >= 4 is 17.5 Å². The molecule has 0 radical (unpaired) electrons. The highest BCUT2D eigenvalue weighted by atomic mass is 16.6. The molecule has 1 aliphatic carbocycles. The van der Waals surface area contributed by atoms with Crippen LogP contribution in [0.25, 0.3) is 0 Å². The Morgan fingerprint density at radius 2 is 1.78 bits per heavy atom. The summed E-state index contributed by atoms with van der Waals surface area (Å²) in [5, 5.41) is 3.65. The minimum absolute atomic E-state index is 0.0535. The maximum atomic E-state index is 13.5. The fraction of sp³-hybridized carbons (Fsp3) is 0.675. The zero-order chi connectivity index (χ0) is 35.3. The summed E-state index contributed by atoms with van der Waals surface area (Å²) in [6, 6.07) is 6.87. The molecule has 5 rings (SSSR count). The van der Waals surface area contributed by atoms with Crippen molar-refractivity contribution in [3.8, 4) is 5.75 Å². The van der Waals surface area contributed by atoms with E-state index < -0.39 is 11.2 Å². The number of nitrogens with zero attached hydrogens (tertiary/aromatic N) is 4. The second kappa shape index (κ2) is 15.8. The van der Waals surface area contributed by atoms with E-state index in [4.69, 9.17) is 20.8 Å². The van der Waals surface area contributed by atoms with Crippen LogP contribution in [0.15, 0.2) is 55.0 Å². The molecular weight excluding hydrogens is 614 g/mol. The molecule has 9 heteroatoms. The number of amides is 1. The molecule has 0 spiro atoms. The van der Waals surface area contributed by atoms with E-state index in [1.165, 1.54) is 32.4 Å². The predicted octanol–water partition coefficient (Wildman–Crippen LogP) is 7.55. The fourth-order valence-corrected chi connectivity index (χ4v) is 7.47. The molecule has 0 bridgehead atoms. The third kappa shape index (κ3) is 9.54. The van der Waals surface area contributed by atoms with E-state index in [9.17, 15) is 4.79 Å². The number of anilines is 2. The lowest BCUT2D eigenvalue weighted by Gasteiger charge is -2.44. The Morgan fingerprint density at radius 3 is 2.45 bits per heavy atom. The molecule has 0 unspecified atom stereocenters. The third-order valence-electron chi connectivity index (χ3n) is 10.4. The van der Waals surface area contributed by atoms with E-state index >= 15 is 0 Å². The first-order valence-electron chi connectivity index (χ1n) is 18.7. The van der Waals surface area contributed by atoms with Crippen molar-refractivity contribution in [2.45, 2.75) is 103 Å². The van der Waals surface area contributed by atoms with Gasteiger partial charge in [-0.05, 0) is 117 Å². The standard InChI is InChI=1S/C40H63N5O4/c1-29(41-19-13-22-42-20-11-10-12-21-42)32-25-33(28-43(27-32)38(46)49-39(4,5)6)30(2)45(34-15-16-34)35-17-18-37-36(26-35)44(23-14-24-47-9)31(3)40(7,8)48-37/h17-18,26,32-34,41H,1-3,10-16,19-25,27-28H2,4-9H3/t32-,33+/m0/s1. The number of benzene rings is 1. The Labute approximate surface area is 296 Å². The number of carbonyl (C=O) groups excluding carboxylic acids is 1. The number of methoxy groups -OCH3 is 1. The van der Waals surface area contributed by atoms with Crippen molar-refractivity contribution in [1.82, 2.24) is 15.1 Å². The average Bonchev–Trinajstić information content (AvgIpc) is 3.90. The number of fused-ring (bicyclic) bond motifs is 1. The molecule has 1 saturated carbocycles. The van der Waals surface area contributed by atoms with Gasteiger partial charge in [-0.1, -0.05) is 26.2 Å². The fourth-order valence-electron chi connectivity index (χ4n) is 7.47. The molecule has 1 N–H and O–H groups in total. The van der Waals surface area contributed by atoms with Crippen LogP contribution in [0.3, 0.4) is 0 Å². The van der Waals surface area contributed by atoms with Gasteiger partial charge in [0.15, 0.2) is 0 Å². The van der Waals surface area contributed by atoms with Gasteiger partial charge in [-0.2, -0.15) is 0 Å². The monoisotopic (exact) mass is 677 g/mol. The van der Waals surface area contributed by atoms with Crippen LogP contribution in [0.4, 0.5) is 16.2 Å². The zero-order valence-corrected chi connectivity index (χ0v) is 31.3. The smallest absolute Gasteiger partial charge is 0.410 e. The van der Waals surface area contributed by atoms with Crippen molar-refractivity contribution in [2.75, 3.05) is 69.3 Å². The van der Waals surface area contributed by atoms with Gasteiger partial charge in [-0.15, -0.1) is 0 Å². The summed E-state index contributed by atoms with van der Waals surface area (Å²) in [4.78, 5) is 22.7. The van der Waals surface area contributed by atoms with Crippen molar-refractivity contribution in [2.24, 2.45) is 11.8 Å². The van der Waals surface area contributed by atoms with Crippen LogP contribution >= 0.6 is 0 Å². The minimum Gasteiger partial charge on any atom is -0.479 e. The van der Waals surface area contributed by atoms with Crippen molar-refractivity contribution in [3.05, 3.63) is 55.0 Å². The molecule has 1 aromatic carbocycles. The SMILES string of the molecule is C=C(NCCCN1CCCCC1)[C@H]1C[C@@H](C(=C)N(c2ccc3c(c2)N(CCCOC)C(=C)C(C)(C)O3)C2CC2)CN(C(=O)OC(C)(C)C)C1. The Balaban J connectivity index is 1.35. The minimum atomic E-state index is -0.570. The molecule has 1 amide bonds. The second-order valence-corrected chi connectivity index (χ2v) is 16.0. The summed E-state index contributed by atoms with van der Waals surface area (Å²) < 4.78 is 17.7. The molecule has 4 aliphatic rings. The molecular formula is C40H63N5O4. The van der Waals surface area contributed by atoms with Gasteiger partial charge in [0, 0.05) is 74.9 Å². The second-order valence-electron chi connectivity index (χ2n) is 16.0. The third-order valence-corrected chi connectivity index (χ3v) is 10.4. The van der Waals surface area contributed by atoms with Crippen LogP contribution < -0.4 is 19.9 Å². The maximum Gasteiger partial charge on any atom is 0.410 e. The summed E-state index contributed by atoms with van der Waals surface area (Å²) >= 11 is 0. The number of likely N-dealkylation sites (tertiary alicyclic amines) is 2. The number of hydrogen-bond donors (Lipinski definition) is 1. The summed E-state index contributed by atoms with van der Waals surface area (Å²) in [7, 11) is 1.74. The molecule has 2 saturated heterocycles. The van der Waals surface area contributed by atoms with E-state index in [-0.39, 0.29) is 17.9 Å². The highest BCUT2D eigenvalue weighted by molar-refractivity contribution is 5.73. The Bertz CT molecular complexity index is 1340. The Hall–Kier alpha value is -3.17. The molecule has 3 fully saturated rings. The molecule has 1 aromatic rings. The predicted molar refractivity (Wildman–Crippen MR) is 200 cm³/mol. The van der Waals surface area contributed by atoms with E-state index in [0.717, 1.165) is 86.0 Å². The molecule has 3 aliphatic heterocycles. The summed E-state index contributed by atoms with van der Waals surface area (Å²) in [5.41, 5.74) is 4.03. The lowest BCUT2D eigenvalue weighted by atomic mass is 9.85. The van der Waals surface area contributed by atoms with Crippen molar-refractivity contribution in [1.29, 1.82) is 0 Å². The van der Waals surface area contributed by atoms with Gasteiger partial charge in [0.2, 0.25) is 0 Å². The number of piperidine rings is 2. The number of nitrogens with one attached hydrogen (secondary N) is 1. The van der Waals surface area contributed by atoms with Crippen LogP contribution in [-0.2, 0) is 9.47 Å². The van der Waals surface area contributed by atoms with Crippen LogP contribution in [0.5, 0.6) is 5.75 Å². The van der Waals surface area contributed by atoms with E-state index in [2.05, 4.69) is 65.2 Å². The van der Waals surface area contributed by atoms with Gasteiger partial charge in [-0.25, -0.2) is 4.79 Å². The Morgan fingerprint density at radius 1 is 1.06 bits per heavy atom. The van der Waals surface area contributed by atoms with Gasteiger partial charge in [0.1, 0.15) is 17.0 Å². The van der Waals surface area contributed by atoms with Crippen LogP contribution in [-0.4, -0.2) is 92.7 Å². The van der Waals surface area contributed by atoms with E-state index in [0.29, 0.717) is 25.7 Å². The molecule has 3 heterocycles. The first kappa shape index (κ1) is 37.1. The zero-order valence-electron chi connectivity index (χ0n) is 31.3. The van der Waals surface area contributed by atoms with Gasteiger partial charge < -0.3 is 39.1 Å². The highest BCUT2D eigenvalue weighted by Gasteiger charge is 2.41. The largest absolute Gasteiger partial charge is 0.479 e. The lowest BCUT2D eigenvalue weighted by molar-refractivity contribution is 0.0136. The quantitative estimate of drug-likeness (QED) is 0.203. The number of ether oxygens (including phenoxy) is 3. The lowest BCUT2D eigenvalue weighted by Crippen LogP contribution is -2.49. The molecule has 49 heavy (non-hydrogen) atoms. The van der Waals surface area contributed by atoms with E-state index in [1.807, 2.05) is 25.7 Å². The normalized spacial score (nSPS) is 22.6. The summed E-state index contributed by atoms with van der Waals surface area (Å²) in [6.45, 7) is 30.7. The highest BCUT2D eigenvalue weighted by Crippen LogP contribution is 2.47. The van der Waals surface area contributed by atoms with Crippen molar-refractivity contribution < 1.29 is 19.0 Å². The van der Waals surface area contributed by atoms with Crippen molar-refractivity contribution in [3.63, 3.8) is 0 Å². The molecule has 0 aromatic heterocycles. The molecule has 9 nitrogen and oxygen atoms in total. The number of carbonyl (C=O) groups is 1.